The van der Waals surface area contributed by atoms with Gasteiger partial charge in [-0.3, -0.25) is 0 Å². The average molecular weight is 242 g/mol. The summed E-state index contributed by atoms with van der Waals surface area (Å²) in [5.41, 5.74) is 0.0463. The zero-order valence-electron chi connectivity index (χ0n) is 8.86. The lowest BCUT2D eigenvalue weighted by Gasteiger charge is -2.07. The lowest BCUT2D eigenvalue weighted by molar-refractivity contribution is -0.137. The summed E-state index contributed by atoms with van der Waals surface area (Å²) in [7, 11) is 0. The lowest BCUT2D eigenvalue weighted by atomic mass is 10.2. The minimum atomic E-state index is -4.43. The Balaban J connectivity index is 2.51. The topological polar surface area (TPSA) is 38.0 Å². The third kappa shape index (κ3) is 2.11. The van der Waals surface area contributed by atoms with Gasteiger partial charge in [0.25, 0.3) is 0 Å². The molecule has 90 valence electrons. The Morgan fingerprint density at radius 3 is 2.53 bits per heavy atom. The van der Waals surface area contributed by atoms with Gasteiger partial charge in [0.1, 0.15) is 11.4 Å². The van der Waals surface area contributed by atoms with E-state index in [0.29, 0.717) is 5.56 Å². The van der Waals surface area contributed by atoms with Gasteiger partial charge in [0.2, 0.25) is 0 Å². The quantitative estimate of drug-likeness (QED) is 0.834. The molecule has 0 amide bonds. The number of aromatic hydroxyl groups is 1. The number of aromatic nitrogens is 2. The zero-order chi connectivity index (χ0) is 12.6. The third-order valence-electron chi connectivity index (χ3n) is 2.36. The van der Waals surface area contributed by atoms with Crippen molar-refractivity contribution in [2.24, 2.45) is 0 Å². The molecule has 2 aromatic rings. The van der Waals surface area contributed by atoms with E-state index < -0.39 is 11.7 Å². The number of aryl methyl sites for hydroxylation is 1. The Bertz CT molecular complexity index is 526. The fourth-order valence-corrected chi connectivity index (χ4v) is 1.53. The molecule has 3 nitrogen and oxygen atoms in total. The SMILES string of the molecule is Cc1cccc(O)c1-n1cc(C(F)(F)F)cn1. The van der Waals surface area contributed by atoms with Crippen LogP contribution in [0.15, 0.2) is 30.6 Å². The second-order valence-electron chi connectivity index (χ2n) is 3.61. The van der Waals surface area contributed by atoms with E-state index in [1.807, 2.05) is 0 Å². The van der Waals surface area contributed by atoms with Crippen LogP contribution in [-0.2, 0) is 6.18 Å². The van der Waals surface area contributed by atoms with E-state index >= 15 is 0 Å². The molecular formula is C11H9F3N2O. The van der Waals surface area contributed by atoms with Crippen molar-refractivity contribution in [2.75, 3.05) is 0 Å². The number of rotatable bonds is 1. The number of hydrogen-bond donors (Lipinski definition) is 1. The number of phenolic OH excluding ortho intramolecular Hbond substituents is 1. The molecule has 1 aromatic carbocycles. The van der Waals surface area contributed by atoms with E-state index in [1.165, 1.54) is 6.07 Å². The van der Waals surface area contributed by atoms with Crippen LogP contribution in [0.25, 0.3) is 5.69 Å². The van der Waals surface area contributed by atoms with Gasteiger partial charge in [-0.2, -0.15) is 18.3 Å². The summed E-state index contributed by atoms with van der Waals surface area (Å²) >= 11 is 0. The van der Waals surface area contributed by atoms with Gasteiger partial charge in [0.15, 0.2) is 0 Å². The van der Waals surface area contributed by atoms with E-state index in [9.17, 15) is 18.3 Å². The van der Waals surface area contributed by atoms with Crippen LogP contribution in [0.4, 0.5) is 13.2 Å². The maximum Gasteiger partial charge on any atom is 0.419 e. The second-order valence-corrected chi connectivity index (χ2v) is 3.61. The van der Waals surface area contributed by atoms with Crippen LogP contribution in [0.2, 0.25) is 0 Å². The Morgan fingerprint density at radius 1 is 1.29 bits per heavy atom. The molecule has 1 aromatic heterocycles. The maximum atomic E-state index is 12.4. The van der Waals surface area contributed by atoms with Gasteiger partial charge >= 0.3 is 6.18 Å². The van der Waals surface area contributed by atoms with Crippen molar-refractivity contribution in [3.63, 3.8) is 0 Å². The molecule has 0 saturated carbocycles. The molecule has 0 unspecified atom stereocenters. The standard InChI is InChI=1S/C11H9F3N2O/c1-7-3-2-4-9(17)10(7)16-6-8(5-15-16)11(12,13)14/h2-6,17H,1H3. The zero-order valence-corrected chi connectivity index (χ0v) is 8.86. The number of hydrogen-bond acceptors (Lipinski definition) is 2. The second kappa shape index (κ2) is 3.80. The van der Waals surface area contributed by atoms with E-state index in [4.69, 9.17) is 0 Å². The van der Waals surface area contributed by atoms with Crippen molar-refractivity contribution in [3.05, 3.63) is 41.7 Å². The molecular weight excluding hydrogens is 233 g/mol. The highest BCUT2D eigenvalue weighted by molar-refractivity contribution is 5.51. The first kappa shape index (κ1) is 11.5. The fraction of sp³-hybridized carbons (Fsp3) is 0.182. The molecule has 1 N–H and O–H groups in total. The molecule has 0 radical (unpaired) electrons. The van der Waals surface area contributed by atoms with Crippen LogP contribution in [-0.4, -0.2) is 14.9 Å². The summed E-state index contributed by atoms with van der Waals surface area (Å²) in [6, 6.07) is 4.70. The largest absolute Gasteiger partial charge is 0.506 e. The van der Waals surface area contributed by atoms with Gasteiger partial charge in [-0.05, 0) is 18.6 Å². The summed E-state index contributed by atoms with van der Waals surface area (Å²) in [5, 5.41) is 13.2. The van der Waals surface area contributed by atoms with E-state index in [-0.39, 0.29) is 11.4 Å². The van der Waals surface area contributed by atoms with Crippen LogP contribution in [0.5, 0.6) is 5.75 Å². The number of benzene rings is 1. The summed E-state index contributed by atoms with van der Waals surface area (Å²) in [5.74, 6) is -0.109. The maximum absolute atomic E-state index is 12.4. The number of halogens is 3. The van der Waals surface area contributed by atoms with E-state index in [1.54, 1.807) is 19.1 Å². The molecule has 0 aliphatic heterocycles. The van der Waals surface area contributed by atoms with Gasteiger partial charge in [0.05, 0.1) is 11.8 Å². The van der Waals surface area contributed by atoms with Crippen molar-refractivity contribution in [3.8, 4) is 11.4 Å². The van der Waals surface area contributed by atoms with Crippen LogP contribution >= 0.6 is 0 Å². The van der Waals surface area contributed by atoms with Crippen molar-refractivity contribution in [1.29, 1.82) is 0 Å². The minimum Gasteiger partial charge on any atom is -0.506 e. The third-order valence-corrected chi connectivity index (χ3v) is 2.36. The predicted octanol–water partition coefficient (Wildman–Crippen LogP) is 2.91. The highest BCUT2D eigenvalue weighted by Crippen LogP contribution is 2.31. The first-order valence-corrected chi connectivity index (χ1v) is 4.80. The van der Waals surface area contributed by atoms with E-state index in [0.717, 1.165) is 17.1 Å². The van der Waals surface area contributed by atoms with Gasteiger partial charge < -0.3 is 5.11 Å². The van der Waals surface area contributed by atoms with Crippen molar-refractivity contribution < 1.29 is 18.3 Å². The first-order chi connectivity index (χ1) is 7.89. The molecule has 0 saturated heterocycles. The Kier molecular flexibility index (Phi) is 2.57. The highest BCUT2D eigenvalue weighted by atomic mass is 19.4. The highest BCUT2D eigenvalue weighted by Gasteiger charge is 2.32. The Morgan fingerprint density at radius 2 is 2.00 bits per heavy atom. The first-order valence-electron chi connectivity index (χ1n) is 4.80. The molecule has 0 spiro atoms. The summed E-state index contributed by atoms with van der Waals surface area (Å²) in [4.78, 5) is 0. The Hall–Kier alpha value is -1.98. The Labute approximate surface area is 95.1 Å². The smallest absolute Gasteiger partial charge is 0.419 e. The summed E-state index contributed by atoms with van der Waals surface area (Å²) in [6.07, 6.45) is -2.86. The van der Waals surface area contributed by atoms with Crippen LogP contribution < -0.4 is 0 Å². The van der Waals surface area contributed by atoms with Crippen LogP contribution in [0, 0.1) is 6.92 Å². The molecule has 2 rings (SSSR count). The molecule has 1 heterocycles. The molecule has 6 heteroatoms. The van der Waals surface area contributed by atoms with Crippen molar-refractivity contribution in [2.45, 2.75) is 13.1 Å². The summed E-state index contributed by atoms with van der Waals surface area (Å²) < 4.78 is 38.2. The molecule has 0 aliphatic carbocycles. The average Bonchev–Trinajstić information content (AvgIpc) is 2.65. The van der Waals surface area contributed by atoms with E-state index in [2.05, 4.69) is 5.10 Å². The van der Waals surface area contributed by atoms with Gasteiger partial charge in [-0.15, -0.1) is 0 Å². The molecule has 17 heavy (non-hydrogen) atoms. The number of para-hydroxylation sites is 1. The van der Waals surface area contributed by atoms with Crippen molar-refractivity contribution in [1.82, 2.24) is 9.78 Å². The number of phenols is 1. The predicted molar refractivity (Wildman–Crippen MR) is 55.0 cm³/mol. The van der Waals surface area contributed by atoms with Crippen molar-refractivity contribution >= 4 is 0 Å². The molecule has 0 aliphatic rings. The van der Waals surface area contributed by atoms with Crippen LogP contribution in [0.3, 0.4) is 0 Å². The fourth-order valence-electron chi connectivity index (χ4n) is 1.53. The molecule has 0 bridgehead atoms. The lowest BCUT2D eigenvalue weighted by Crippen LogP contribution is -2.03. The number of nitrogens with zero attached hydrogens (tertiary/aromatic N) is 2. The summed E-state index contributed by atoms with van der Waals surface area (Å²) in [6.45, 7) is 1.68. The molecule has 0 atom stereocenters. The molecule has 0 fully saturated rings. The number of alkyl halides is 3. The van der Waals surface area contributed by atoms with Gasteiger partial charge in [-0.1, -0.05) is 12.1 Å². The monoisotopic (exact) mass is 242 g/mol. The minimum absolute atomic E-state index is 0.109. The van der Waals surface area contributed by atoms with Crippen LogP contribution in [0.1, 0.15) is 11.1 Å². The van der Waals surface area contributed by atoms with Gasteiger partial charge in [-0.25, -0.2) is 4.68 Å². The van der Waals surface area contributed by atoms with Gasteiger partial charge in [0, 0.05) is 6.20 Å². The normalized spacial score (nSPS) is 11.8.